The summed E-state index contributed by atoms with van der Waals surface area (Å²) >= 11 is 0. The molecule has 1 amide bonds. The Labute approximate surface area is 148 Å². The lowest BCUT2D eigenvalue weighted by Gasteiger charge is -2.17. The van der Waals surface area contributed by atoms with E-state index in [9.17, 15) is 4.79 Å². The van der Waals surface area contributed by atoms with Crippen LogP contribution in [0.4, 0.5) is 5.69 Å². The highest BCUT2D eigenvalue weighted by atomic mass is 16.5. The summed E-state index contributed by atoms with van der Waals surface area (Å²) in [4.78, 5) is 14.0. The van der Waals surface area contributed by atoms with Gasteiger partial charge in [0.25, 0.3) is 5.91 Å². The second-order valence-electron chi connectivity index (χ2n) is 5.60. The van der Waals surface area contributed by atoms with E-state index in [4.69, 9.17) is 19.9 Å². The van der Waals surface area contributed by atoms with E-state index in [1.54, 1.807) is 68.6 Å². The lowest BCUT2D eigenvalue weighted by Crippen LogP contribution is -2.28. The van der Waals surface area contributed by atoms with Gasteiger partial charge in [0.15, 0.2) is 0 Å². The number of methoxy groups -OCH3 is 2. The zero-order valence-corrected chi connectivity index (χ0v) is 14.8. The van der Waals surface area contributed by atoms with Crippen molar-refractivity contribution in [3.8, 4) is 17.2 Å². The average Bonchev–Trinajstić information content (AvgIpc) is 2.64. The second-order valence-corrected chi connectivity index (χ2v) is 5.60. The molecule has 25 heavy (non-hydrogen) atoms. The third-order valence-corrected chi connectivity index (χ3v) is 3.71. The molecule has 0 aromatic heterocycles. The minimum Gasteiger partial charge on any atom is -0.496 e. The van der Waals surface area contributed by atoms with Crippen LogP contribution >= 0.6 is 0 Å². The van der Waals surface area contributed by atoms with Crippen LogP contribution < -0.4 is 19.9 Å². The van der Waals surface area contributed by atoms with Crippen molar-refractivity contribution in [2.45, 2.75) is 6.42 Å². The Hall–Kier alpha value is -2.89. The molecule has 0 unspecified atom stereocenters. The molecule has 0 bridgehead atoms. The van der Waals surface area contributed by atoms with Gasteiger partial charge in [-0.2, -0.15) is 0 Å². The Bertz CT molecular complexity index is 696. The highest BCUT2D eigenvalue weighted by Gasteiger charge is 2.11. The van der Waals surface area contributed by atoms with E-state index < -0.39 is 0 Å². The van der Waals surface area contributed by atoms with Crippen LogP contribution in [0.2, 0.25) is 0 Å². The summed E-state index contributed by atoms with van der Waals surface area (Å²) < 4.78 is 16.1. The van der Waals surface area contributed by atoms with Gasteiger partial charge >= 0.3 is 0 Å². The second kappa shape index (κ2) is 8.82. The normalized spacial score (nSPS) is 10.2. The fourth-order valence-corrected chi connectivity index (χ4v) is 2.35. The van der Waals surface area contributed by atoms with Gasteiger partial charge in [0, 0.05) is 43.0 Å². The summed E-state index contributed by atoms with van der Waals surface area (Å²) in [5, 5.41) is 0. The number of anilines is 1. The number of rotatable bonds is 8. The summed E-state index contributed by atoms with van der Waals surface area (Å²) in [5.74, 6) is 1.95. The molecule has 0 aliphatic heterocycles. The number of carbonyl (C=O) groups is 1. The smallest absolute Gasteiger partial charge is 0.253 e. The number of nitrogens with zero attached hydrogens (tertiary/aromatic N) is 1. The van der Waals surface area contributed by atoms with Gasteiger partial charge in [-0.25, -0.2) is 0 Å². The predicted molar refractivity (Wildman–Crippen MR) is 97.5 cm³/mol. The van der Waals surface area contributed by atoms with Crippen LogP contribution in [0.3, 0.4) is 0 Å². The standard InChI is InChI=1S/C19H24N2O4/c1-21(19(22)14-6-4-7-15(20)10-14)8-5-9-25-18-12-16(23-2)11-17(13-18)24-3/h4,6-7,10-13H,5,8-9,20H2,1-3H3. The third kappa shape index (κ3) is 5.31. The molecule has 0 aliphatic carbocycles. The Morgan fingerprint density at radius 3 is 2.28 bits per heavy atom. The van der Waals surface area contributed by atoms with Crippen LogP contribution in [0.25, 0.3) is 0 Å². The molecule has 134 valence electrons. The SMILES string of the molecule is COc1cc(OC)cc(OCCCN(C)C(=O)c2cccc(N)c2)c1. The Kier molecular flexibility index (Phi) is 6.51. The van der Waals surface area contributed by atoms with Crippen molar-refractivity contribution in [1.29, 1.82) is 0 Å². The van der Waals surface area contributed by atoms with Gasteiger partial charge in [-0.1, -0.05) is 6.07 Å². The van der Waals surface area contributed by atoms with Crippen molar-refractivity contribution < 1.29 is 19.0 Å². The van der Waals surface area contributed by atoms with E-state index in [0.29, 0.717) is 48.1 Å². The summed E-state index contributed by atoms with van der Waals surface area (Å²) in [6.07, 6.45) is 0.698. The quantitative estimate of drug-likeness (QED) is 0.589. The van der Waals surface area contributed by atoms with Crippen molar-refractivity contribution in [3.63, 3.8) is 0 Å². The van der Waals surface area contributed by atoms with E-state index in [-0.39, 0.29) is 5.91 Å². The predicted octanol–water partition coefficient (Wildman–Crippen LogP) is 2.83. The van der Waals surface area contributed by atoms with E-state index >= 15 is 0 Å². The Balaban J connectivity index is 1.83. The number of hydrogen-bond donors (Lipinski definition) is 1. The Morgan fingerprint density at radius 1 is 1.04 bits per heavy atom. The van der Waals surface area contributed by atoms with Gasteiger partial charge in [0.2, 0.25) is 0 Å². The van der Waals surface area contributed by atoms with E-state index in [2.05, 4.69) is 0 Å². The molecule has 2 rings (SSSR count). The third-order valence-electron chi connectivity index (χ3n) is 3.71. The van der Waals surface area contributed by atoms with Crippen molar-refractivity contribution >= 4 is 11.6 Å². The highest BCUT2D eigenvalue weighted by Crippen LogP contribution is 2.27. The van der Waals surface area contributed by atoms with Gasteiger partial charge in [-0.15, -0.1) is 0 Å². The van der Waals surface area contributed by atoms with E-state index in [1.165, 1.54) is 0 Å². The van der Waals surface area contributed by atoms with Crippen molar-refractivity contribution in [1.82, 2.24) is 4.90 Å². The minimum absolute atomic E-state index is 0.0599. The van der Waals surface area contributed by atoms with Crippen LogP contribution in [0.5, 0.6) is 17.2 Å². The number of carbonyl (C=O) groups excluding carboxylic acids is 1. The molecule has 2 aromatic rings. The van der Waals surface area contributed by atoms with Crippen LogP contribution in [-0.4, -0.2) is 45.2 Å². The maximum Gasteiger partial charge on any atom is 0.253 e. The van der Waals surface area contributed by atoms with Crippen LogP contribution in [0, 0.1) is 0 Å². The molecule has 0 radical (unpaired) electrons. The maximum absolute atomic E-state index is 12.3. The molecule has 6 nitrogen and oxygen atoms in total. The number of hydrogen-bond acceptors (Lipinski definition) is 5. The van der Waals surface area contributed by atoms with E-state index in [0.717, 1.165) is 0 Å². The summed E-state index contributed by atoms with van der Waals surface area (Å²) in [5.41, 5.74) is 6.88. The van der Waals surface area contributed by atoms with Crippen LogP contribution in [-0.2, 0) is 0 Å². The highest BCUT2D eigenvalue weighted by molar-refractivity contribution is 5.94. The molecule has 0 saturated carbocycles. The van der Waals surface area contributed by atoms with Gasteiger partial charge in [-0.3, -0.25) is 4.79 Å². The first kappa shape index (κ1) is 18.4. The maximum atomic E-state index is 12.3. The topological polar surface area (TPSA) is 74.0 Å². The summed E-state index contributed by atoms with van der Waals surface area (Å²) in [6.45, 7) is 1.06. The molecular formula is C19H24N2O4. The summed E-state index contributed by atoms with van der Waals surface area (Å²) in [7, 11) is 4.95. The van der Waals surface area contributed by atoms with Gasteiger partial charge in [0.1, 0.15) is 17.2 Å². The van der Waals surface area contributed by atoms with Crippen molar-refractivity contribution in [3.05, 3.63) is 48.0 Å². The molecule has 0 aliphatic rings. The molecule has 0 spiro atoms. The lowest BCUT2D eigenvalue weighted by atomic mass is 10.2. The number of amides is 1. The van der Waals surface area contributed by atoms with Gasteiger partial charge in [-0.05, 0) is 24.6 Å². The molecule has 6 heteroatoms. The van der Waals surface area contributed by atoms with Crippen molar-refractivity contribution in [2.24, 2.45) is 0 Å². The number of nitrogen functional groups attached to an aromatic ring is 1. The monoisotopic (exact) mass is 344 g/mol. The first-order chi connectivity index (χ1) is 12.0. The number of benzene rings is 2. The van der Waals surface area contributed by atoms with Crippen molar-refractivity contribution in [2.75, 3.05) is 40.2 Å². The first-order valence-electron chi connectivity index (χ1n) is 8.00. The Morgan fingerprint density at radius 2 is 1.68 bits per heavy atom. The molecule has 0 atom stereocenters. The zero-order chi connectivity index (χ0) is 18.2. The van der Waals surface area contributed by atoms with Gasteiger partial charge < -0.3 is 24.8 Å². The fourth-order valence-electron chi connectivity index (χ4n) is 2.35. The van der Waals surface area contributed by atoms with E-state index in [1.807, 2.05) is 0 Å². The summed E-state index contributed by atoms with van der Waals surface area (Å²) in [6, 6.07) is 12.3. The fraction of sp³-hybridized carbons (Fsp3) is 0.316. The molecule has 0 fully saturated rings. The minimum atomic E-state index is -0.0599. The molecule has 0 saturated heterocycles. The van der Waals surface area contributed by atoms with Crippen LogP contribution in [0.15, 0.2) is 42.5 Å². The van der Waals surface area contributed by atoms with Crippen LogP contribution in [0.1, 0.15) is 16.8 Å². The number of ether oxygens (including phenoxy) is 3. The molecule has 0 heterocycles. The number of nitrogens with two attached hydrogens (primary N) is 1. The average molecular weight is 344 g/mol. The largest absolute Gasteiger partial charge is 0.496 e. The zero-order valence-electron chi connectivity index (χ0n) is 14.8. The molecule has 2 aromatic carbocycles. The molecular weight excluding hydrogens is 320 g/mol. The molecule has 2 N–H and O–H groups in total. The van der Waals surface area contributed by atoms with Gasteiger partial charge in [0.05, 0.1) is 20.8 Å². The lowest BCUT2D eigenvalue weighted by molar-refractivity contribution is 0.0788. The first-order valence-corrected chi connectivity index (χ1v) is 8.00.